The number of carbonyl (C=O) groups is 1. The minimum atomic E-state index is -0.0589. The molecular formula is C24H23N3O3. The molecule has 0 spiro atoms. The van der Waals surface area contributed by atoms with Crippen LogP contribution in [0.3, 0.4) is 0 Å². The van der Waals surface area contributed by atoms with Crippen molar-refractivity contribution in [3.63, 3.8) is 0 Å². The van der Waals surface area contributed by atoms with E-state index in [9.17, 15) is 4.79 Å². The third-order valence-electron chi connectivity index (χ3n) is 6.24. The number of amides is 1. The standard InChI is InChI=1S/C24H23N3O3/c28-23(11-16-13-30-22-10-15-4-1-3-14(15)9-18(16)22)25-17-6-7-19-20(12-17)27-24(26-19)21-5-2-8-29-21/h6-7,9-10,12-13,21H,1-5,8,11H2,(H,25,28)(H,26,27). The van der Waals surface area contributed by atoms with Gasteiger partial charge in [0.25, 0.3) is 0 Å². The van der Waals surface area contributed by atoms with Crippen LogP contribution in [-0.2, 0) is 28.8 Å². The molecule has 3 heterocycles. The molecule has 1 unspecified atom stereocenters. The van der Waals surface area contributed by atoms with E-state index >= 15 is 0 Å². The average Bonchev–Trinajstić information content (AvgIpc) is 3.52. The van der Waals surface area contributed by atoms with E-state index in [1.165, 1.54) is 17.5 Å². The summed E-state index contributed by atoms with van der Waals surface area (Å²) in [5.74, 6) is 0.805. The third kappa shape index (κ3) is 3.08. The Morgan fingerprint density at radius 2 is 2.07 bits per heavy atom. The summed E-state index contributed by atoms with van der Waals surface area (Å²) in [6, 6.07) is 10.1. The number of fused-ring (bicyclic) bond motifs is 3. The van der Waals surface area contributed by atoms with E-state index in [-0.39, 0.29) is 18.4 Å². The van der Waals surface area contributed by atoms with Crippen LogP contribution in [0.1, 0.15) is 47.9 Å². The molecule has 1 aliphatic carbocycles. The lowest BCUT2D eigenvalue weighted by molar-refractivity contribution is -0.115. The number of H-pyrrole nitrogens is 1. The van der Waals surface area contributed by atoms with Gasteiger partial charge in [-0.1, -0.05) is 0 Å². The highest BCUT2D eigenvalue weighted by molar-refractivity contribution is 5.97. The minimum absolute atomic E-state index is 0.0475. The second-order valence-electron chi connectivity index (χ2n) is 8.31. The van der Waals surface area contributed by atoms with Crippen LogP contribution in [0.2, 0.25) is 0 Å². The number of ether oxygens (including phenoxy) is 1. The SMILES string of the molecule is O=C(Cc1coc2cc3c(cc12)CCC3)Nc1ccc2nc(C3CCCO3)[nH]c2c1. The van der Waals surface area contributed by atoms with Crippen molar-refractivity contribution in [3.8, 4) is 0 Å². The molecule has 6 nitrogen and oxygen atoms in total. The van der Waals surface area contributed by atoms with E-state index in [1.54, 1.807) is 6.26 Å². The number of aromatic nitrogens is 2. The van der Waals surface area contributed by atoms with Gasteiger partial charge in [0.1, 0.15) is 17.5 Å². The number of aromatic amines is 1. The average molecular weight is 401 g/mol. The van der Waals surface area contributed by atoms with Crippen molar-refractivity contribution in [1.29, 1.82) is 0 Å². The van der Waals surface area contributed by atoms with Gasteiger partial charge >= 0.3 is 0 Å². The summed E-state index contributed by atoms with van der Waals surface area (Å²) in [5, 5.41) is 4.06. The molecule has 6 rings (SSSR count). The molecule has 0 bridgehead atoms. The van der Waals surface area contributed by atoms with Crippen LogP contribution in [0.5, 0.6) is 0 Å². The zero-order chi connectivity index (χ0) is 20.1. The molecule has 1 saturated heterocycles. The third-order valence-corrected chi connectivity index (χ3v) is 6.24. The summed E-state index contributed by atoms with van der Waals surface area (Å²) in [5.41, 5.74) is 7.11. The first-order chi connectivity index (χ1) is 14.7. The van der Waals surface area contributed by atoms with E-state index in [1.807, 2.05) is 18.2 Å². The highest BCUT2D eigenvalue weighted by Crippen LogP contribution is 2.31. The van der Waals surface area contributed by atoms with Crippen LogP contribution < -0.4 is 5.32 Å². The van der Waals surface area contributed by atoms with Crippen molar-refractivity contribution in [1.82, 2.24) is 9.97 Å². The fourth-order valence-corrected chi connectivity index (χ4v) is 4.72. The Hall–Kier alpha value is -3.12. The number of benzene rings is 2. The van der Waals surface area contributed by atoms with Gasteiger partial charge in [-0.15, -0.1) is 0 Å². The Labute approximate surface area is 173 Å². The predicted octanol–water partition coefficient (Wildman–Crippen LogP) is 4.83. The predicted molar refractivity (Wildman–Crippen MR) is 115 cm³/mol. The molecule has 2 aromatic carbocycles. The van der Waals surface area contributed by atoms with Crippen LogP contribution in [0.4, 0.5) is 5.69 Å². The molecule has 1 fully saturated rings. The fraction of sp³-hybridized carbons (Fsp3) is 0.333. The maximum absolute atomic E-state index is 12.7. The van der Waals surface area contributed by atoms with Crippen LogP contribution in [0.15, 0.2) is 41.0 Å². The number of hydrogen-bond donors (Lipinski definition) is 2. The highest BCUT2D eigenvalue weighted by atomic mass is 16.5. The molecule has 2 aliphatic rings. The number of rotatable bonds is 4. The molecule has 30 heavy (non-hydrogen) atoms. The first-order valence-electron chi connectivity index (χ1n) is 10.7. The van der Waals surface area contributed by atoms with Crippen LogP contribution in [0, 0.1) is 0 Å². The van der Waals surface area contributed by atoms with E-state index in [2.05, 4.69) is 27.4 Å². The van der Waals surface area contributed by atoms with Gasteiger partial charge in [-0.3, -0.25) is 4.79 Å². The number of imidazole rings is 1. The Balaban J connectivity index is 1.20. The Bertz CT molecular complexity index is 1260. The molecule has 1 atom stereocenters. The zero-order valence-electron chi connectivity index (χ0n) is 16.7. The Kier molecular flexibility index (Phi) is 4.13. The van der Waals surface area contributed by atoms with Gasteiger partial charge in [0.05, 0.1) is 23.7 Å². The van der Waals surface area contributed by atoms with Crippen molar-refractivity contribution in [2.24, 2.45) is 0 Å². The maximum atomic E-state index is 12.7. The van der Waals surface area contributed by atoms with Gasteiger partial charge < -0.3 is 19.5 Å². The van der Waals surface area contributed by atoms with Crippen LogP contribution in [0.25, 0.3) is 22.0 Å². The van der Waals surface area contributed by atoms with Crippen molar-refractivity contribution in [2.45, 2.75) is 44.6 Å². The second-order valence-corrected chi connectivity index (χ2v) is 8.31. The van der Waals surface area contributed by atoms with Gasteiger partial charge in [0, 0.05) is 23.2 Å². The highest BCUT2D eigenvalue weighted by Gasteiger charge is 2.21. The largest absolute Gasteiger partial charge is 0.464 e. The van der Waals surface area contributed by atoms with Crippen LogP contribution in [-0.4, -0.2) is 22.5 Å². The minimum Gasteiger partial charge on any atom is -0.464 e. The number of furan rings is 1. The molecule has 4 aromatic rings. The lowest BCUT2D eigenvalue weighted by Crippen LogP contribution is -2.14. The smallest absolute Gasteiger partial charge is 0.228 e. The van der Waals surface area contributed by atoms with E-state index < -0.39 is 0 Å². The summed E-state index contributed by atoms with van der Waals surface area (Å²) < 4.78 is 11.4. The number of aryl methyl sites for hydroxylation is 2. The lowest BCUT2D eigenvalue weighted by Gasteiger charge is -2.05. The molecule has 152 valence electrons. The number of nitrogens with one attached hydrogen (secondary N) is 2. The molecule has 1 amide bonds. The van der Waals surface area contributed by atoms with E-state index in [0.717, 1.165) is 71.4 Å². The summed E-state index contributed by atoms with van der Waals surface area (Å²) >= 11 is 0. The van der Waals surface area contributed by atoms with Crippen LogP contribution >= 0.6 is 0 Å². The summed E-state index contributed by atoms with van der Waals surface area (Å²) in [4.78, 5) is 20.7. The van der Waals surface area contributed by atoms with Crippen molar-refractivity contribution >= 4 is 33.6 Å². The van der Waals surface area contributed by atoms with Gasteiger partial charge in [0.15, 0.2) is 0 Å². The number of hydrogen-bond acceptors (Lipinski definition) is 4. The van der Waals surface area contributed by atoms with Gasteiger partial charge in [-0.2, -0.15) is 0 Å². The molecule has 2 N–H and O–H groups in total. The van der Waals surface area contributed by atoms with Crippen molar-refractivity contribution in [2.75, 3.05) is 11.9 Å². The molecule has 2 aromatic heterocycles. The fourth-order valence-electron chi connectivity index (χ4n) is 4.72. The number of anilines is 1. The second kappa shape index (κ2) is 6.99. The molecular weight excluding hydrogens is 378 g/mol. The molecule has 1 aliphatic heterocycles. The molecule has 6 heteroatoms. The van der Waals surface area contributed by atoms with Gasteiger partial charge in [-0.05, 0) is 73.6 Å². The Morgan fingerprint density at radius 3 is 2.93 bits per heavy atom. The van der Waals surface area contributed by atoms with E-state index in [0.29, 0.717) is 0 Å². The maximum Gasteiger partial charge on any atom is 0.228 e. The number of carbonyl (C=O) groups excluding carboxylic acids is 1. The molecule has 0 saturated carbocycles. The summed E-state index contributed by atoms with van der Waals surface area (Å²) in [7, 11) is 0. The van der Waals surface area contributed by atoms with Gasteiger partial charge in [-0.25, -0.2) is 4.98 Å². The summed E-state index contributed by atoms with van der Waals surface area (Å²) in [6.07, 6.45) is 7.53. The van der Waals surface area contributed by atoms with E-state index in [4.69, 9.17) is 9.15 Å². The monoisotopic (exact) mass is 401 g/mol. The van der Waals surface area contributed by atoms with Gasteiger partial charge in [0.2, 0.25) is 5.91 Å². The van der Waals surface area contributed by atoms with Crippen molar-refractivity contribution < 1.29 is 13.9 Å². The summed E-state index contributed by atoms with van der Waals surface area (Å²) in [6.45, 7) is 0.786. The van der Waals surface area contributed by atoms with Crippen molar-refractivity contribution in [3.05, 3.63) is 59.1 Å². The Morgan fingerprint density at radius 1 is 1.17 bits per heavy atom. The topological polar surface area (TPSA) is 80.2 Å². The molecule has 0 radical (unpaired) electrons. The normalized spacial score (nSPS) is 18.3. The zero-order valence-corrected chi connectivity index (χ0v) is 16.7. The number of nitrogens with zero attached hydrogens (tertiary/aromatic N) is 1. The first kappa shape index (κ1) is 17.7. The first-order valence-corrected chi connectivity index (χ1v) is 10.7. The quantitative estimate of drug-likeness (QED) is 0.513. The lowest BCUT2D eigenvalue weighted by atomic mass is 10.0.